The van der Waals surface area contributed by atoms with Gasteiger partial charge >= 0.3 is 0 Å². The number of amides is 1. The summed E-state index contributed by atoms with van der Waals surface area (Å²) in [7, 11) is 0. The van der Waals surface area contributed by atoms with Gasteiger partial charge in [-0.2, -0.15) is 0 Å². The monoisotopic (exact) mass is 473 g/mol. The standard InChI is InChI=1S/C24H28ClN3O3S/c1-18-20(25)8-9-21-23(18)26-24(32-21)28(12-5-11-27-13-16-30-17-14-27)22(29)10-15-31-19-6-3-2-4-7-19/h2-4,6-9H,5,10-17H2,1H3. The van der Waals surface area contributed by atoms with E-state index >= 15 is 0 Å². The lowest BCUT2D eigenvalue weighted by Gasteiger charge is -2.27. The van der Waals surface area contributed by atoms with E-state index in [4.69, 9.17) is 26.1 Å². The van der Waals surface area contributed by atoms with Gasteiger partial charge in [-0.25, -0.2) is 4.98 Å². The van der Waals surface area contributed by atoms with E-state index in [0.717, 1.165) is 65.9 Å². The summed E-state index contributed by atoms with van der Waals surface area (Å²) in [5.41, 5.74) is 1.81. The van der Waals surface area contributed by atoms with Gasteiger partial charge in [0.05, 0.1) is 36.5 Å². The molecule has 8 heteroatoms. The fourth-order valence-corrected chi connectivity index (χ4v) is 4.94. The number of fused-ring (bicyclic) bond motifs is 1. The lowest BCUT2D eigenvalue weighted by atomic mass is 10.2. The molecule has 0 unspecified atom stereocenters. The number of carbonyl (C=O) groups is 1. The Labute approximate surface area is 197 Å². The average Bonchev–Trinajstić information content (AvgIpc) is 3.25. The molecule has 1 aliphatic rings. The number of anilines is 1. The van der Waals surface area contributed by atoms with E-state index < -0.39 is 0 Å². The summed E-state index contributed by atoms with van der Waals surface area (Å²) in [4.78, 5) is 22.2. The molecule has 32 heavy (non-hydrogen) atoms. The Balaban J connectivity index is 1.45. The van der Waals surface area contributed by atoms with Crippen molar-refractivity contribution >= 4 is 44.2 Å². The van der Waals surface area contributed by atoms with Crippen molar-refractivity contribution in [3.05, 3.63) is 53.1 Å². The highest BCUT2D eigenvalue weighted by molar-refractivity contribution is 7.22. The normalized spacial score (nSPS) is 14.6. The fourth-order valence-electron chi connectivity index (χ4n) is 3.72. The average molecular weight is 474 g/mol. The number of halogens is 1. The Morgan fingerprint density at radius 3 is 2.78 bits per heavy atom. The van der Waals surface area contributed by atoms with Gasteiger partial charge in [0.25, 0.3) is 0 Å². The number of ether oxygens (including phenoxy) is 2. The van der Waals surface area contributed by atoms with Gasteiger partial charge in [0.15, 0.2) is 5.13 Å². The molecule has 0 aliphatic carbocycles. The molecule has 4 rings (SSSR count). The van der Waals surface area contributed by atoms with Crippen LogP contribution in [0.25, 0.3) is 10.2 Å². The Morgan fingerprint density at radius 2 is 2.00 bits per heavy atom. The highest BCUT2D eigenvalue weighted by Gasteiger charge is 2.21. The topological polar surface area (TPSA) is 54.9 Å². The van der Waals surface area contributed by atoms with Crippen molar-refractivity contribution in [1.82, 2.24) is 9.88 Å². The molecule has 1 amide bonds. The molecule has 0 atom stereocenters. The maximum atomic E-state index is 13.2. The zero-order valence-electron chi connectivity index (χ0n) is 18.3. The predicted octanol–water partition coefficient (Wildman–Crippen LogP) is 4.78. The first kappa shape index (κ1) is 23.0. The summed E-state index contributed by atoms with van der Waals surface area (Å²) >= 11 is 7.82. The van der Waals surface area contributed by atoms with Crippen molar-refractivity contribution in [2.24, 2.45) is 0 Å². The first-order chi connectivity index (χ1) is 15.6. The van der Waals surface area contributed by atoms with E-state index in [1.807, 2.05) is 54.3 Å². The van der Waals surface area contributed by atoms with Gasteiger partial charge in [-0.3, -0.25) is 14.6 Å². The van der Waals surface area contributed by atoms with Crippen molar-refractivity contribution in [3.8, 4) is 5.75 Å². The molecule has 1 saturated heterocycles. The van der Waals surface area contributed by atoms with Gasteiger partial charge in [0, 0.05) is 31.2 Å². The van der Waals surface area contributed by atoms with Crippen LogP contribution in [0.3, 0.4) is 0 Å². The smallest absolute Gasteiger partial charge is 0.232 e. The summed E-state index contributed by atoms with van der Waals surface area (Å²) in [5, 5.41) is 1.41. The highest BCUT2D eigenvalue weighted by Crippen LogP contribution is 2.34. The van der Waals surface area contributed by atoms with E-state index in [0.29, 0.717) is 24.6 Å². The summed E-state index contributed by atoms with van der Waals surface area (Å²) in [6, 6.07) is 13.4. The number of rotatable bonds is 9. The second-order valence-electron chi connectivity index (χ2n) is 7.78. The van der Waals surface area contributed by atoms with E-state index in [-0.39, 0.29) is 5.91 Å². The summed E-state index contributed by atoms with van der Waals surface area (Å²) in [6.07, 6.45) is 1.17. The number of aryl methyl sites for hydroxylation is 1. The molecule has 3 aromatic rings. The Morgan fingerprint density at radius 1 is 1.22 bits per heavy atom. The van der Waals surface area contributed by atoms with Crippen LogP contribution in [0.5, 0.6) is 5.75 Å². The summed E-state index contributed by atoms with van der Waals surface area (Å²) in [5.74, 6) is 0.787. The maximum Gasteiger partial charge on any atom is 0.232 e. The highest BCUT2D eigenvalue weighted by atomic mass is 35.5. The van der Waals surface area contributed by atoms with Crippen LogP contribution < -0.4 is 9.64 Å². The minimum absolute atomic E-state index is 0.0192. The molecule has 1 fully saturated rings. The van der Waals surface area contributed by atoms with Gasteiger partial charge in [-0.05, 0) is 43.2 Å². The largest absolute Gasteiger partial charge is 0.493 e. The van der Waals surface area contributed by atoms with E-state index in [2.05, 4.69) is 4.90 Å². The minimum atomic E-state index is 0.0192. The predicted molar refractivity (Wildman–Crippen MR) is 130 cm³/mol. The molecule has 0 spiro atoms. The zero-order chi connectivity index (χ0) is 22.3. The first-order valence-corrected chi connectivity index (χ1v) is 12.2. The van der Waals surface area contributed by atoms with Crippen LogP contribution in [-0.2, 0) is 9.53 Å². The number of para-hydroxylation sites is 1. The van der Waals surface area contributed by atoms with Gasteiger partial charge in [-0.1, -0.05) is 41.1 Å². The summed E-state index contributed by atoms with van der Waals surface area (Å²) in [6.45, 7) is 7.28. The van der Waals surface area contributed by atoms with E-state index in [1.165, 1.54) is 11.3 Å². The van der Waals surface area contributed by atoms with Crippen LogP contribution in [0.15, 0.2) is 42.5 Å². The van der Waals surface area contributed by atoms with Crippen LogP contribution >= 0.6 is 22.9 Å². The molecular weight excluding hydrogens is 446 g/mol. The number of carbonyl (C=O) groups excluding carboxylic acids is 1. The van der Waals surface area contributed by atoms with Crippen LogP contribution in [0.4, 0.5) is 5.13 Å². The number of thiazole rings is 1. The van der Waals surface area contributed by atoms with Crippen molar-refractivity contribution in [2.45, 2.75) is 19.8 Å². The molecule has 0 N–H and O–H groups in total. The second-order valence-corrected chi connectivity index (χ2v) is 9.20. The number of aromatic nitrogens is 1. The molecule has 1 aliphatic heterocycles. The van der Waals surface area contributed by atoms with Crippen molar-refractivity contribution in [3.63, 3.8) is 0 Å². The van der Waals surface area contributed by atoms with Gasteiger partial charge < -0.3 is 9.47 Å². The Bertz CT molecular complexity index is 1040. The first-order valence-electron chi connectivity index (χ1n) is 11.0. The van der Waals surface area contributed by atoms with Crippen molar-refractivity contribution in [1.29, 1.82) is 0 Å². The molecule has 170 valence electrons. The number of morpholine rings is 1. The molecule has 1 aromatic heterocycles. The van der Waals surface area contributed by atoms with E-state index in [9.17, 15) is 4.79 Å². The second kappa shape index (κ2) is 11.1. The Kier molecular flexibility index (Phi) is 7.97. The summed E-state index contributed by atoms with van der Waals surface area (Å²) < 4.78 is 12.2. The maximum absolute atomic E-state index is 13.2. The van der Waals surface area contributed by atoms with Crippen LogP contribution in [0.1, 0.15) is 18.4 Å². The lowest BCUT2D eigenvalue weighted by molar-refractivity contribution is -0.119. The molecule has 6 nitrogen and oxygen atoms in total. The third-order valence-electron chi connectivity index (χ3n) is 5.56. The number of hydrogen-bond donors (Lipinski definition) is 0. The molecule has 0 saturated carbocycles. The third kappa shape index (κ3) is 5.78. The van der Waals surface area contributed by atoms with Crippen molar-refractivity contribution < 1.29 is 14.3 Å². The number of nitrogens with zero attached hydrogens (tertiary/aromatic N) is 3. The SMILES string of the molecule is Cc1c(Cl)ccc2sc(N(CCCN3CCOCC3)C(=O)CCOc3ccccc3)nc12. The Hall–Kier alpha value is -2.19. The van der Waals surface area contributed by atoms with Crippen LogP contribution in [0, 0.1) is 6.92 Å². The van der Waals surface area contributed by atoms with Crippen LogP contribution in [0.2, 0.25) is 5.02 Å². The third-order valence-corrected chi connectivity index (χ3v) is 7.01. The number of benzene rings is 2. The molecule has 2 aromatic carbocycles. The van der Waals surface area contributed by atoms with Crippen molar-refractivity contribution in [2.75, 3.05) is 50.9 Å². The van der Waals surface area contributed by atoms with Gasteiger partial charge in [0.1, 0.15) is 5.75 Å². The minimum Gasteiger partial charge on any atom is -0.493 e. The number of hydrogen-bond acceptors (Lipinski definition) is 6. The quantitative estimate of drug-likeness (QED) is 0.447. The van der Waals surface area contributed by atoms with Gasteiger partial charge in [-0.15, -0.1) is 0 Å². The lowest BCUT2D eigenvalue weighted by Crippen LogP contribution is -2.39. The van der Waals surface area contributed by atoms with Crippen LogP contribution in [-0.4, -0.2) is 61.8 Å². The molecule has 0 radical (unpaired) electrons. The molecule has 2 heterocycles. The fraction of sp³-hybridized carbons (Fsp3) is 0.417. The van der Waals surface area contributed by atoms with Gasteiger partial charge in [0.2, 0.25) is 5.91 Å². The van der Waals surface area contributed by atoms with E-state index in [1.54, 1.807) is 0 Å². The molecule has 0 bridgehead atoms. The zero-order valence-corrected chi connectivity index (χ0v) is 19.8. The molecular formula is C24H28ClN3O3S.